The van der Waals surface area contributed by atoms with Gasteiger partial charge < -0.3 is 9.47 Å². The van der Waals surface area contributed by atoms with Gasteiger partial charge in [0.05, 0.1) is 7.11 Å². The van der Waals surface area contributed by atoms with Crippen LogP contribution in [-0.4, -0.2) is 13.7 Å². The van der Waals surface area contributed by atoms with E-state index in [1.165, 1.54) is 0 Å². The molecule has 0 saturated carbocycles. The zero-order valence-corrected chi connectivity index (χ0v) is 10.5. The predicted octanol–water partition coefficient (Wildman–Crippen LogP) is 3.56. The highest BCUT2D eigenvalue weighted by Gasteiger charge is 2.23. The summed E-state index contributed by atoms with van der Waals surface area (Å²) in [6, 6.07) is 5.86. The average molecular weight is 220 g/mol. The lowest BCUT2D eigenvalue weighted by molar-refractivity contribution is 0.338. The summed E-state index contributed by atoms with van der Waals surface area (Å²) >= 11 is 0. The highest BCUT2D eigenvalue weighted by atomic mass is 16.5. The molecule has 1 rings (SSSR count). The van der Waals surface area contributed by atoms with E-state index in [9.17, 15) is 0 Å². The Hall–Kier alpha value is -1.44. The standard InChI is InChI=1S/C14H20O2/c1-6-10-16-12-9-7-8-11(15-5)13(12)14(2,3)4/h6-9H,1,10H2,2-5H3. The highest BCUT2D eigenvalue weighted by Crippen LogP contribution is 2.38. The molecule has 16 heavy (non-hydrogen) atoms. The quantitative estimate of drug-likeness (QED) is 0.722. The van der Waals surface area contributed by atoms with E-state index < -0.39 is 0 Å². The van der Waals surface area contributed by atoms with Crippen LogP contribution in [0.3, 0.4) is 0 Å². The molecule has 0 atom stereocenters. The number of hydrogen-bond acceptors (Lipinski definition) is 2. The van der Waals surface area contributed by atoms with Crippen molar-refractivity contribution in [1.82, 2.24) is 0 Å². The first kappa shape index (κ1) is 12.6. The minimum absolute atomic E-state index is 0.0108. The van der Waals surface area contributed by atoms with Crippen LogP contribution in [0.4, 0.5) is 0 Å². The Kier molecular flexibility index (Phi) is 3.99. The predicted molar refractivity (Wildman–Crippen MR) is 67.4 cm³/mol. The van der Waals surface area contributed by atoms with Gasteiger partial charge in [0.15, 0.2) is 0 Å². The molecule has 2 nitrogen and oxygen atoms in total. The van der Waals surface area contributed by atoms with Gasteiger partial charge in [-0.3, -0.25) is 0 Å². The molecular weight excluding hydrogens is 200 g/mol. The first-order valence-corrected chi connectivity index (χ1v) is 5.42. The van der Waals surface area contributed by atoms with E-state index in [0.29, 0.717) is 6.61 Å². The molecule has 0 bridgehead atoms. The van der Waals surface area contributed by atoms with Gasteiger partial charge >= 0.3 is 0 Å². The molecule has 0 spiro atoms. The van der Waals surface area contributed by atoms with Gasteiger partial charge in [0.1, 0.15) is 18.1 Å². The van der Waals surface area contributed by atoms with Crippen LogP contribution in [0.2, 0.25) is 0 Å². The second-order valence-electron chi connectivity index (χ2n) is 4.68. The van der Waals surface area contributed by atoms with Gasteiger partial charge in [0, 0.05) is 5.56 Å². The summed E-state index contributed by atoms with van der Waals surface area (Å²) in [5, 5.41) is 0. The summed E-state index contributed by atoms with van der Waals surface area (Å²) in [5.74, 6) is 1.74. The molecule has 1 aromatic carbocycles. The van der Waals surface area contributed by atoms with E-state index in [0.717, 1.165) is 17.1 Å². The first-order chi connectivity index (χ1) is 7.50. The van der Waals surface area contributed by atoms with Crippen molar-refractivity contribution in [3.05, 3.63) is 36.4 Å². The minimum Gasteiger partial charge on any atom is -0.496 e. The van der Waals surface area contributed by atoms with E-state index in [2.05, 4.69) is 27.4 Å². The molecule has 0 heterocycles. The first-order valence-electron chi connectivity index (χ1n) is 5.42. The molecule has 2 heteroatoms. The van der Waals surface area contributed by atoms with Crippen molar-refractivity contribution in [1.29, 1.82) is 0 Å². The zero-order chi connectivity index (χ0) is 12.2. The van der Waals surface area contributed by atoms with Gasteiger partial charge in [-0.25, -0.2) is 0 Å². The lowest BCUT2D eigenvalue weighted by Crippen LogP contribution is -2.15. The van der Waals surface area contributed by atoms with Crippen LogP contribution in [0.5, 0.6) is 11.5 Å². The molecule has 0 N–H and O–H groups in total. The van der Waals surface area contributed by atoms with Crippen molar-refractivity contribution >= 4 is 0 Å². The summed E-state index contributed by atoms with van der Waals surface area (Å²) in [5.41, 5.74) is 1.09. The molecule has 0 amide bonds. The van der Waals surface area contributed by atoms with Gasteiger partial charge in [-0.05, 0) is 17.5 Å². The third-order valence-corrected chi connectivity index (χ3v) is 2.31. The second kappa shape index (κ2) is 5.06. The van der Waals surface area contributed by atoms with Crippen LogP contribution in [-0.2, 0) is 5.41 Å². The van der Waals surface area contributed by atoms with Crippen molar-refractivity contribution in [2.75, 3.05) is 13.7 Å². The fourth-order valence-electron chi connectivity index (χ4n) is 1.69. The summed E-state index contributed by atoms with van der Waals surface area (Å²) in [7, 11) is 1.68. The van der Waals surface area contributed by atoms with Gasteiger partial charge in [-0.2, -0.15) is 0 Å². The maximum absolute atomic E-state index is 5.66. The zero-order valence-electron chi connectivity index (χ0n) is 10.5. The van der Waals surface area contributed by atoms with E-state index in [1.54, 1.807) is 13.2 Å². The molecule has 0 aliphatic rings. The minimum atomic E-state index is -0.0108. The summed E-state index contributed by atoms with van der Waals surface area (Å²) < 4.78 is 11.0. The number of methoxy groups -OCH3 is 1. The molecule has 0 unspecified atom stereocenters. The third-order valence-electron chi connectivity index (χ3n) is 2.31. The smallest absolute Gasteiger partial charge is 0.127 e. The summed E-state index contributed by atoms with van der Waals surface area (Å²) in [4.78, 5) is 0. The molecule has 1 aromatic rings. The second-order valence-corrected chi connectivity index (χ2v) is 4.68. The molecule has 88 valence electrons. The normalized spacial score (nSPS) is 11.0. The van der Waals surface area contributed by atoms with Crippen molar-refractivity contribution < 1.29 is 9.47 Å². The molecule has 0 aliphatic carbocycles. The van der Waals surface area contributed by atoms with Crippen LogP contribution >= 0.6 is 0 Å². The largest absolute Gasteiger partial charge is 0.496 e. The number of ether oxygens (including phenoxy) is 2. The maximum Gasteiger partial charge on any atom is 0.127 e. The Labute approximate surface area is 97.9 Å². The Morgan fingerprint density at radius 1 is 1.25 bits per heavy atom. The molecule has 0 saturated heterocycles. The third kappa shape index (κ3) is 2.78. The monoisotopic (exact) mass is 220 g/mol. The highest BCUT2D eigenvalue weighted by molar-refractivity contribution is 5.49. The van der Waals surface area contributed by atoms with Crippen molar-refractivity contribution in [3.8, 4) is 11.5 Å². The Morgan fingerprint density at radius 2 is 1.88 bits per heavy atom. The van der Waals surface area contributed by atoms with Gasteiger partial charge in [-0.15, -0.1) is 0 Å². The summed E-state index contributed by atoms with van der Waals surface area (Å²) in [6.07, 6.45) is 1.74. The van der Waals surface area contributed by atoms with Gasteiger partial charge in [-0.1, -0.05) is 39.5 Å². The van der Waals surface area contributed by atoms with E-state index >= 15 is 0 Å². The van der Waals surface area contributed by atoms with Crippen LogP contribution in [0.25, 0.3) is 0 Å². The summed E-state index contributed by atoms with van der Waals surface area (Å²) in [6.45, 7) is 10.6. The van der Waals surface area contributed by atoms with Crippen molar-refractivity contribution in [2.45, 2.75) is 26.2 Å². The number of rotatable bonds is 4. The topological polar surface area (TPSA) is 18.5 Å². The van der Waals surface area contributed by atoms with Crippen molar-refractivity contribution in [3.63, 3.8) is 0 Å². The van der Waals surface area contributed by atoms with Gasteiger partial charge in [0.25, 0.3) is 0 Å². The van der Waals surface area contributed by atoms with E-state index in [-0.39, 0.29) is 5.41 Å². The lowest BCUT2D eigenvalue weighted by atomic mass is 9.85. The molecule has 0 aliphatic heterocycles. The SMILES string of the molecule is C=CCOc1cccc(OC)c1C(C)(C)C. The molecule has 0 radical (unpaired) electrons. The average Bonchev–Trinajstić information content (AvgIpc) is 2.24. The number of hydrogen-bond donors (Lipinski definition) is 0. The van der Waals surface area contributed by atoms with Crippen LogP contribution in [0.15, 0.2) is 30.9 Å². The van der Waals surface area contributed by atoms with Crippen LogP contribution in [0, 0.1) is 0 Å². The lowest BCUT2D eigenvalue weighted by Gasteiger charge is -2.24. The fraction of sp³-hybridized carbons (Fsp3) is 0.429. The molecule has 0 fully saturated rings. The maximum atomic E-state index is 5.66. The molecule has 0 aromatic heterocycles. The van der Waals surface area contributed by atoms with E-state index in [1.807, 2.05) is 18.2 Å². The van der Waals surface area contributed by atoms with Gasteiger partial charge in [0.2, 0.25) is 0 Å². The fourth-order valence-corrected chi connectivity index (χ4v) is 1.69. The number of benzene rings is 1. The Balaban J connectivity index is 3.20. The molecular formula is C14H20O2. The van der Waals surface area contributed by atoms with Crippen LogP contribution < -0.4 is 9.47 Å². The van der Waals surface area contributed by atoms with Crippen LogP contribution in [0.1, 0.15) is 26.3 Å². The Morgan fingerprint density at radius 3 is 2.38 bits per heavy atom. The van der Waals surface area contributed by atoms with E-state index in [4.69, 9.17) is 9.47 Å². The Bertz CT molecular complexity index is 361. The van der Waals surface area contributed by atoms with Crippen molar-refractivity contribution in [2.24, 2.45) is 0 Å².